The molecule has 94 valence electrons. The molecule has 6 nitrogen and oxygen atoms in total. The molecule has 1 aliphatic heterocycles. The Kier molecular flexibility index (Phi) is 2.85. The summed E-state index contributed by atoms with van der Waals surface area (Å²) in [6.45, 7) is 3.00. The fourth-order valence-electron chi connectivity index (χ4n) is 1.94. The first kappa shape index (κ1) is 11.0. The minimum absolute atomic E-state index is 0.123. The first-order valence-electron chi connectivity index (χ1n) is 5.85. The summed E-state index contributed by atoms with van der Waals surface area (Å²) < 4.78 is 10.3. The Labute approximate surface area is 104 Å². The first-order valence-corrected chi connectivity index (χ1v) is 5.85. The number of carbonyl (C=O) groups is 1. The van der Waals surface area contributed by atoms with Crippen LogP contribution in [0, 0.1) is 0 Å². The molecule has 0 spiro atoms. The van der Waals surface area contributed by atoms with Crippen LogP contribution in [0.5, 0.6) is 0 Å². The maximum absolute atomic E-state index is 12.1. The lowest BCUT2D eigenvalue weighted by atomic mass is 10.2. The summed E-state index contributed by atoms with van der Waals surface area (Å²) >= 11 is 0. The maximum atomic E-state index is 12.1. The zero-order valence-corrected chi connectivity index (χ0v) is 9.76. The molecule has 0 atom stereocenters. The third-order valence-electron chi connectivity index (χ3n) is 2.90. The van der Waals surface area contributed by atoms with Crippen LogP contribution in [0.4, 0.5) is 0 Å². The summed E-state index contributed by atoms with van der Waals surface area (Å²) in [5.41, 5.74) is 0.540. The molecule has 18 heavy (non-hydrogen) atoms. The molecular weight excluding hydrogens is 234 g/mol. The fourth-order valence-corrected chi connectivity index (χ4v) is 1.94. The Balaban J connectivity index is 1.78. The van der Waals surface area contributed by atoms with Gasteiger partial charge in [-0.2, -0.15) is 0 Å². The first-order chi connectivity index (χ1) is 8.84. The average molecular weight is 247 g/mol. The summed E-state index contributed by atoms with van der Waals surface area (Å²) in [6.07, 6.45) is 1.56. The van der Waals surface area contributed by atoms with E-state index < -0.39 is 0 Å². The number of amides is 1. The van der Waals surface area contributed by atoms with Crippen LogP contribution in [0.15, 0.2) is 33.4 Å². The van der Waals surface area contributed by atoms with Gasteiger partial charge in [0.2, 0.25) is 5.76 Å². The Bertz CT molecular complexity index is 527. The van der Waals surface area contributed by atoms with E-state index in [-0.39, 0.29) is 11.7 Å². The van der Waals surface area contributed by atoms with E-state index in [0.717, 1.165) is 13.1 Å². The Morgan fingerprint density at radius 1 is 1.39 bits per heavy atom. The number of hydrogen-bond donors (Lipinski definition) is 1. The normalized spacial score (nSPS) is 15.9. The Morgan fingerprint density at radius 3 is 2.94 bits per heavy atom. The predicted octanol–water partition coefficient (Wildman–Crippen LogP) is 0.980. The van der Waals surface area contributed by atoms with Crippen LogP contribution in [0.3, 0.4) is 0 Å². The lowest BCUT2D eigenvalue weighted by molar-refractivity contribution is 0.0694. The summed E-state index contributed by atoms with van der Waals surface area (Å²) in [7, 11) is 0. The molecule has 0 saturated carbocycles. The molecule has 1 aliphatic rings. The van der Waals surface area contributed by atoms with Crippen molar-refractivity contribution in [1.82, 2.24) is 15.4 Å². The monoisotopic (exact) mass is 247 g/mol. The van der Waals surface area contributed by atoms with Crippen molar-refractivity contribution in [3.8, 4) is 11.5 Å². The van der Waals surface area contributed by atoms with Gasteiger partial charge < -0.3 is 19.2 Å². The van der Waals surface area contributed by atoms with Gasteiger partial charge in [-0.3, -0.25) is 4.79 Å². The number of furan rings is 1. The number of aromatic nitrogens is 1. The fraction of sp³-hybridized carbons (Fsp3) is 0.333. The van der Waals surface area contributed by atoms with E-state index in [1.165, 1.54) is 0 Å². The molecule has 0 aliphatic carbocycles. The number of carbonyl (C=O) groups excluding carboxylic acids is 1. The number of rotatable bonds is 2. The van der Waals surface area contributed by atoms with Gasteiger partial charge in [-0.1, -0.05) is 5.16 Å². The van der Waals surface area contributed by atoms with E-state index in [2.05, 4.69) is 10.5 Å². The van der Waals surface area contributed by atoms with Crippen molar-refractivity contribution in [2.75, 3.05) is 26.2 Å². The highest BCUT2D eigenvalue weighted by atomic mass is 16.5. The van der Waals surface area contributed by atoms with Crippen molar-refractivity contribution >= 4 is 5.91 Å². The minimum atomic E-state index is -0.123. The van der Waals surface area contributed by atoms with E-state index in [1.807, 2.05) is 0 Å². The Morgan fingerprint density at radius 2 is 2.22 bits per heavy atom. The molecule has 0 radical (unpaired) electrons. The van der Waals surface area contributed by atoms with E-state index in [9.17, 15) is 4.79 Å². The number of piperazine rings is 1. The smallest absolute Gasteiger partial charge is 0.292 e. The number of nitrogens with one attached hydrogen (secondary N) is 1. The second-order valence-electron chi connectivity index (χ2n) is 4.10. The zero-order chi connectivity index (χ0) is 12.4. The molecule has 0 aromatic carbocycles. The molecular formula is C12H13N3O3. The second kappa shape index (κ2) is 4.66. The second-order valence-corrected chi connectivity index (χ2v) is 4.10. The zero-order valence-electron chi connectivity index (χ0n) is 9.76. The highest BCUT2D eigenvalue weighted by Crippen LogP contribution is 2.20. The standard InChI is InChI=1S/C12H13N3O3/c16-12(15-5-3-13-4-6-15)11-8-9(14-18-11)10-2-1-7-17-10/h1-2,7-8,13H,3-6H2. The molecule has 3 rings (SSSR count). The van der Waals surface area contributed by atoms with Crippen LogP contribution in [-0.4, -0.2) is 42.1 Å². The third-order valence-corrected chi connectivity index (χ3v) is 2.90. The van der Waals surface area contributed by atoms with Crippen LogP contribution in [0.2, 0.25) is 0 Å². The van der Waals surface area contributed by atoms with E-state index in [1.54, 1.807) is 29.4 Å². The van der Waals surface area contributed by atoms with Gasteiger partial charge in [0.15, 0.2) is 5.76 Å². The minimum Gasteiger partial charge on any atom is -0.463 e. The molecule has 2 aromatic rings. The molecule has 1 N–H and O–H groups in total. The van der Waals surface area contributed by atoms with E-state index >= 15 is 0 Å². The van der Waals surface area contributed by atoms with Gasteiger partial charge in [0.1, 0.15) is 5.69 Å². The average Bonchev–Trinajstić information content (AvgIpc) is 3.09. The maximum Gasteiger partial charge on any atom is 0.292 e. The van der Waals surface area contributed by atoms with Crippen LogP contribution in [0.1, 0.15) is 10.6 Å². The van der Waals surface area contributed by atoms with Gasteiger partial charge in [0.25, 0.3) is 5.91 Å². The quantitative estimate of drug-likeness (QED) is 0.856. The lowest BCUT2D eigenvalue weighted by Gasteiger charge is -2.26. The van der Waals surface area contributed by atoms with Crippen molar-refractivity contribution in [3.63, 3.8) is 0 Å². The van der Waals surface area contributed by atoms with Crippen molar-refractivity contribution in [1.29, 1.82) is 0 Å². The van der Waals surface area contributed by atoms with Gasteiger partial charge in [0.05, 0.1) is 6.26 Å². The molecule has 6 heteroatoms. The van der Waals surface area contributed by atoms with Crippen LogP contribution in [-0.2, 0) is 0 Å². The molecule has 1 fully saturated rings. The molecule has 1 amide bonds. The van der Waals surface area contributed by atoms with Gasteiger partial charge in [0, 0.05) is 32.2 Å². The van der Waals surface area contributed by atoms with Crippen molar-refractivity contribution in [2.24, 2.45) is 0 Å². The molecule has 2 aromatic heterocycles. The summed E-state index contributed by atoms with van der Waals surface area (Å²) in [6, 6.07) is 5.15. The van der Waals surface area contributed by atoms with Crippen molar-refractivity contribution in [2.45, 2.75) is 0 Å². The third kappa shape index (κ3) is 2.02. The van der Waals surface area contributed by atoms with Crippen LogP contribution >= 0.6 is 0 Å². The van der Waals surface area contributed by atoms with Crippen molar-refractivity contribution < 1.29 is 13.7 Å². The molecule has 3 heterocycles. The Hall–Kier alpha value is -2.08. The van der Waals surface area contributed by atoms with Gasteiger partial charge in [-0.15, -0.1) is 0 Å². The van der Waals surface area contributed by atoms with Gasteiger partial charge in [-0.25, -0.2) is 0 Å². The van der Waals surface area contributed by atoms with Crippen molar-refractivity contribution in [3.05, 3.63) is 30.2 Å². The molecule has 1 saturated heterocycles. The lowest BCUT2D eigenvalue weighted by Crippen LogP contribution is -2.46. The van der Waals surface area contributed by atoms with Gasteiger partial charge >= 0.3 is 0 Å². The summed E-state index contributed by atoms with van der Waals surface area (Å²) in [5, 5.41) is 7.04. The molecule has 0 unspecified atom stereocenters. The van der Waals surface area contributed by atoms with Gasteiger partial charge in [-0.05, 0) is 12.1 Å². The van der Waals surface area contributed by atoms with Crippen LogP contribution in [0.25, 0.3) is 11.5 Å². The van der Waals surface area contributed by atoms with Crippen LogP contribution < -0.4 is 5.32 Å². The number of hydrogen-bond acceptors (Lipinski definition) is 5. The topological polar surface area (TPSA) is 71.5 Å². The van der Waals surface area contributed by atoms with E-state index in [4.69, 9.17) is 8.94 Å². The summed E-state index contributed by atoms with van der Waals surface area (Å²) in [4.78, 5) is 13.9. The number of nitrogens with zero attached hydrogens (tertiary/aromatic N) is 2. The SMILES string of the molecule is O=C(c1cc(-c2ccco2)no1)N1CCNCC1. The summed E-state index contributed by atoms with van der Waals surface area (Å²) in [5.74, 6) is 0.725. The predicted molar refractivity (Wildman–Crippen MR) is 63.0 cm³/mol. The molecule has 0 bridgehead atoms. The highest BCUT2D eigenvalue weighted by molar-refractivity contribution is 5.92. The van der Waals surface area contributed by atoms with E-state index in [0.29, 0.717) is 24.5 Å². The highest BCUT2D eigenvalue weighted by Gasteiger charge is 2.22. The largest absolute Gasteiger partial charge is 0.463 e.